The second-order valence-electron chi connectivity index (χ2n) is 5.46. The second-order valence-corrected chi connectivity index (χ2v) is 6.31. The second kappa shape index (κ2) is 5.42. The van der Waals surface area contributed by atoms with E-state index in [9.17, 15) is 0 Å². The van der Waals surface area contributed by atoms with Crippen molar-refractivity contribution in [1.82, 2.24) is 29.9 Å². The summed E-state index contributed by atoms with van der Waals surface area (Å²) in [6.45, 7) is 7.69. The summed E-state index contributed by atoms with van der Waals surface area (Å²) in [5.41, 5.74) is 0.934. The van der Waals surface area contributed by atoms with E-state index in [-0.39, 0.29) is 5.54 Å². The highest BCUT2D eigenvalue weighted by Gasteiger charge is 2.18. The third-order valence-corrected chi connectivity index (χ3v) is 3.35. The zero-order valence-electron chi connectivity index (χ0n) is 11.7. The number of nitrogens with one attached hydrogen (secondary N) is 1. The van der Waals surface area contributed by atoms with E-state index in [0.717, 1.165) is 16.0 Å². The summed E-state index contributed by atoms with van der Waals surface area (Å²) in [5, 5.41) is 12.0. The van der Waals surface area contributed by atoms with Crippen molar-refractivity contribution >= 4 is 15.9 Å². The van der Waals surface area contributed by atoms with Crippen LogP contribution in [-0.2, 0) is 25.7 Å². The largest absolute Gasteiger partial charge is 0.304 e. The predicted octanol–water partition coefficient (Wildman–Crippen LogP) is 1.82. The van der Waals surface area contributed by atoms with Gasteiger partial charge in [0, 0.05) is 19.8 Å². The van der Waals surface area contributed by atoms with E-state index in [1.807, 2.05) is 17.9 Å². The van der Waals surface area contributed by atoms with Crippen LogP contribution in [0.4, 0.5) is 0 Å². The summed E-state index contributed by atoms with van der Waals surface area (Å²) >= 11 is 3.49. The number of nitrogens with zero attached hydrogens (tertiary/aromatic N) is 5. The van der Waals surface area contributed by atoms with Crippen LogP contribution in [0.5, 0.6) is 0 Å². The van der Waals surface area contributed by atoms with Gasteiger partial charge in [-0.1, -0.05) is 0 Å². The van der Waals surface area contributed by atoms with Gasteiger partial charge in [0.05, 0.1) is 22.3 Å². The van der Waals surface area contributed by atoms with Crippen molar-refractivity contribution < 1.29 is 0 Å². The van der Waals surface area contributed by atoms with Gasteiger partial charge in [0.1, 0.15) is 12.2 Å². The molecule has 0 saturated heterocycles. The van der Waals surface area contributed by atoms with E-state index < -0.39 is 0 Å². The Labute approximate surface area is 121 Å². The van der Waals surface area contributed by atoms with E-state index in [1.54, 1.807) is 11.0 Å². The maximum Gasteiger partial charge on any atom is 0.141 e. The number of aromatic nitrogens is 5. The molecule has 0 radical (unpaired) electrons. The maximum absolute atomic E-state index is 4.36. The first-order valence-corrected chi connectivity index (χ1v) is 6.95. The fraction of sp³-hybridized carbons (Fsp3) is 0.583. The highest BCUT2D eigenvalue weighted by molar-refractivity contribution is 9.10. The van der Waals surface area contributed by atoms with E-state index in [0.29, 0.717) is 13.1 Å². The van der Waals surface area contributed by atoms with Crippen molar-refractivity contribution in [3.8, 4) is 0 Å². The molecule has 2 rings (SSSR count). The first kappa shape index (κ1) is 14.2. The van der Waals surface area contributed by atoms with E-state index in [4.69, 9.17) is 0 Å². The zero-order valence-corrected chi connectivity index (χ0v) is 13.3. The van der Waals surface area contributed by atoms with Crippen LogP contribution in [0.15, 0.2) is 17.0 Å². The number of rotatable bonds is 4. The van der Waals surface area contributed by atoms with Crippen molar-refractivity contribution in [2.75, 3.05) is 0 Å². The molecule has 0 bridgehead atoms. The summed E-state index contributed by atoms with van der Waals surface area (Å²) in [6, 6.07) is 0. The molecule has 0 amide bonds. The van der Waals surface area contributed by atoms with Crippen molar-refractivity contribution in [2.24, 2.45) is 7.05 Å². The lowest BCUT2D eigenvalue weighted by molar-refractivity contribution is 0.337. The molecule has 104 valence electrons. The van der Waals surface area contributed by atoms with Gasteiger partial charge in [0.25, 0.3) is 0 Å². The molecule has 0 atom stereocenters. The summed E-state index contributed by atoms with van der Waals surface area (Å²) in [7, 11) is 1.91. The molecule has 0 aliphatic heterocycles. The molecule has 0 aliphatic carbocycles. The van der Waals surface area contributed by atoms with Gasteiger partial charge >= 0.3 is 0 Å². The normalized spacial score (nSPS) is 12.1. The maximum atomic E-state index is 4.36. The van der Waals surface area contributed by atoms with Crippen LogP contribution in [0, 0.1) is 0 Å². The van der Waals surface area contributed by atoms with Crippen LogP contribution < -0.4 is 5.32 Å². The highest BCUT2D eigenvalue weighted by Crippen LogP contribution is 2.15. The van der Waals surface area contributed by atoms with Gasteiger partial charge in [-0.25, -0.2) is 9.67 Å². The van der Waals surface area contributed by atoms with Crippen molar-refractivity contribution in [1.29, 1.82) is 0 Å². The van der Waals surface area contributed by atoms with Gasteiger partial charge in [-0.3, -0.25) is 4.68 Å². The molecule has 7 heteroatoms. The minimum Gasteiger partial charge on any atom is -0.304 e. The van der Waals surface area contributed by atoms with Crippen LogP contribution in [0.3, 0.4) is 0 Å². The Morgan fingerprint density at radius 3 is 2.63 bits per heavy atom. The first-order chi connectivity index (χ1) is 8.88. The lowest BCUT2D eigenvalue weighted by atomic mass is 10.1. The van der Waals surface area contributed by atoms with Crippen LogP contribution in [0.25, 0.3) is 0 Å². The number of halogens is 1. The quantitative estimate of drug-likeness (QED) is 0.931. The minimum absolute atomic E-state index is 0.0565. The Hall–Kier alpha value is -1.21. The fourth-order valence-corrected chi connectivity index (χ4v) is 2.38. The van der Waals surface area contributed by atoms with Crippen LogP contribution in [0.1, 0.15) is 32.3 Å². The SMILES string of the molecule is Cn1cc(Br)c(CNCc2ncnn2C(C)(C)C)n1. The van der Waals surface area contributed by atoms with Gasteiger partial charge in [0.2, 0.25) is 0 Å². The highest BCUT2D eigenvalue weighted by atomic mass is 79.9. The molecule has 0 aliphatic rings. The van der Waals surface area contributed by atoms with Crippen LogP contribution >= 0.6 is 15.9 Å². The molecule has 1 N–H and O–H groups in total. The summed E-state index contributed by atoms with van der Waals surface area (Å²) in [4.78, 5) is 4.29. The monoisotopic (exact) mass is 326 g/mol. The molecule has 0 unspecified atom stereocenters. The van der Waals surface area contributed by atoms with Crippen molar-refractivity contribution in [2.45, 2.75) is 39.4 Å². The van der Waals surface area contributed by atoms with Gasteiger partial charge < -0.3 is 5.32 Å². The van der Waals surface area contributed by atoms with E-state index in [2.05, 4.69) is 57.2 Å². The molecular formula is C12H19BrN6. The Balaban J connectivity index is 1.97. The lowest BCUT2D eigenvalue weighted by Crippen LogP contribution is -2.28. The molecule has 6 nitrogen and oxygen atoms in total. The number of hydrogen-bond acceptors (Lipinski definition) is 4. The summed E-state index contributed by atoms with van der Waals surface area (Å²) in [5.74, 6) is 0.930. The molecule has 2 aromatic heterocycles. The predicted molar refractivity (Wildman–Crippen MR) is 76.5 cm³/mol. The Morgan fingerprint density at radius 2 is 2.05 bits per heavy atom. The number of hydrogen-bond donors (Lipinski definition) is 1. The Bertz CT molecular complexity index is 551. The van der Waals surface area contributed by atoms with E-state index in [1.165, 1.54) is 0 Å². The lowest BCUT2D eigenvalue weighted by Gasteiger charge is -2.21. The molecular weight excluding hydrogens is 308 g/mol. The summed E-state index contributed by atoms with van der Waals surface area (Å²) < 4.78 is 4.74. The average molecular weight is 327 g/mol. The average Bonchev–Trinajstić information content (AvgIpc) is 2.85. The molecule has 0 aromatic carbocycles. The number of aryl methyl sites for hydroxylation is 1. The van der Waals surface area contributed by atoms with Gasteiger partial charge in [-0.2, -0.15) is 10.2 Å². The molecule has 19 heavy (non-hydrogen) atoms. The molecule has 2 aromatic rings. The van der Waals surface area contributed by atoms with Gasteiger partial charge in [-0.15, -0.1) is 0 Å². The zero-order chi connectivity index (χ0) is 14.0. The van der Waals surface area contributed by atoms with Gasteiger partial charge in [0.15, 0.2) is 0 Å². The smallest absolute Gasteiger partial charge is 0.141 e. The molecule has 0 fully saturated rings. The summed E-state index contributed by atoms with van der Waals surface area (Å²) in [6.07, 6.45) is 3.54. The molecule has 0 spiro atoms. The third kappa shape index (κ3) is 3.42. The fourth-order valence-electron chi connectivity index (χ4n) is 1.86. The molecule has 2 heterocycles. The third-order valence-electron chi connectivity index (χ3n) is 2.68. The van der Waals surface area contributed by atoms with E-state index >= 15 is 0 Å². The Kier molecular flexibility index (Phi) is 4.05. The minimum atomic E-state index is -0.0565. The van der Waals surface area contributed by atoms with Crippen LogP contribution in [-0.4, -0.2) is 24.5 Å². The Morgan fingerprint density at radius 1 is 1.32 bits per heavy atom. The standard InChI is InChI=1S/C12H19BrN6/c1-12(2,3)19-11(15-8-16-19)6-14-5-10-9(13)7-18(4)17-10/h7-8,14H,5-6H2,1-4H3. The topological polar surface area (TPSA) is 60.6 Å². The van der Waals surface area contributed by atoms with Crippen molar-refractivity contribution in [3.05, 3.63) is 28.5 Å². The van der Waals surface area contributed by atoms with Crippen LogP contribution in [0.2, 0.25) is 0 Å². The van der Waals surface area contributed by atoms with Crippen molar-refractivity contribution in [3.63, 3.8) is 0 Å². The van der Waals surface area contributed by atoms with Gasteiger partial charge in [-0.05, 0) is 36.7 Å². The molecule has 0 saturated carbocycles. The first-order valence-electron chi connectivity index (χ1n) is 6.16.